The number of aliphatic carboxylic acids is 1. The van der Waals surface area contributed by atoms with Crippen LogP contribution in [0.1, 0.15) is 5.56 Å². The van der Waals surface area contributed by atoms with Crippen LogP contribution in [0.15, 0.2) is 30.5 Å². The van der Waals surface area contributed by atoms with E-state index in [-0.39, 0.29) is 0 Å². The van der Waals surface area contributed by atoms with Crippen molar-refractivity contribution in [2.45, 2.75) is 6.42 Å². The molecule has 0 aliphatic carbocycles. The first-order chi connectivity index (χ1) is 7.18. The van der Waals surface area contributed by atoms with Crippen LogP contribution in [-0.4, -0.2) is 36.1 Å². The van der Waals surface area contributed by atoms with E-state index in [1.54, 1.807) is 0 Å². The molecule has 2 aromatic rings. The number of rotatable bonds is 3. The number of carboxylic acids is 1. The maximum absolute atomic E-state index is 10.7. The Labute approximate surface area is 94.5 Å². The molecule has 0 fully saturated rings. The van der Waals surface area contributed by atoms with Crippen molar-refractivity contribution in [2.75, 3.05) is 0 Å². The Hall–Kier alpha value is -1.38. The van der Waals surface area contributed by atoms with Crippen LogP contribution in [0, 0.1) is 0 Å². The number of aromatic amines is 1. The van der Waals surface area contributed by atoms with Gasteiger partial charge in [-0.2, -0.15) is 0 Å². The predicted octanol–water partition coefficient (Wildman–Crippen LogP) is 1.14. The van der Waals surface area contributed by atoms with Crippen molar-refractivity contribution in [1.29, 1.82) is 0 Å². The van der Waals surface area contributed by atoms with Gasteiger partial charge in [0.15, 0.2) is 0 Å². The Morgan fingerprint density at radius 3 is 2.87 bits per heavy atom. The Morgan fingerprint density at radius 1 is 1.40 bits per heavy atom. The third kappa shape index (κ3) is 2.01. The van der Waals surface area contributed by atoms with Gasteiger partial charge >= 0.3 is 94.2 Å². The number of benzene rings is 1. The second kappa shape index (κ2) is 4.01. The summed E-state index contributed by atoms with van der Waals surface area (Å²) < 4.78 is 0.333. The number of hydrogen-bond donors (Lipinski definition) is 2. The zero-order valence-corrected chi connectivity index (χ0v) is 9.57. The Balaban J connectivity index is 2.37. The van der Waals surface area contributed by atoms with E-state index >= 15 is 0 Å². The van der Waals surface area contributed by atoms with Crippen LogP contribution in [-0.2, 0) is 11.2 Å². The van der Waals surface area contributed by atoms with Crippen LogP contribution < -0.4 is 0 Å². The summed E-state index contributed by atoms with van der Waals surface area (Å²) in [6, 6.07) is 7.84. The molecule has 0 saturated heterocycles. The van der Waals surface area contributed by atoms with E-state index in [0.717, 1.165) is 16.5 Å². The van der Waals surface area contributed by atoms with Gasteiger partial charge < -0.3 is 0 Å². The van der Waals surface area contributed by atoms with Gasteiger partial charge in [0.2, 0.25) is 0 Å². The molecule has 1 aromatic heterocycles. The molecular formula is C11H9NO2Se. The fraction of sp³-hybridized carbons (Fsp3) is 0.0909. The number of carbonyl (C=O) groups is 1. The fourth-order valence-electron chi connectivity index (χ4n) is 1.53. The van der Waals surface area contributed by atoms with E-state index in [9.17, 15) is 4.79 Å². The summed E-state index contributed by atoms with van der Waals surface area (Å²) in [6.45, 7) is 0. The molecule has 0 aliphatic heterocycles. The van der Waals surface area contributed by atoms with Crippen molar-refractivity contribution in [3.05, 3.63) is 36.0 Å². The minimum absolute atomic E-state index is 0.333. The van der Waals surface area contributed by atoms with E-state index in [4.69, 9.17) is 5.11 Å². The summed E-state index contributed by atoms with van der Waals surface area (Å²) in [6.07, 6.45) is 2.28. The van der Waals surface area contributed by atoms with Crippen molar-refractivity contribution >= 4 is 36.9 Å². The number of para-hydroxylation sites is 1. The number of fused-ring (bicyclic) bond motifs is 1. The standard InChI is InChI=1S/C11H9NO2Se/c13-11(14)10(15)5-7-6-12-9-4-2-1-3-8(7)9/h1-4,6,12H,5H2,(H,13,14). The number of H-pyrrole nitrogens is 1. The molecule has 15 heavy (non-hydrogen) atoms. The molecule has 0 spiro atoms. The minimum atomic E-state index is -0.889. The normalized spacial score (nSPS) is 10.4. The van der Waals surface area contributed by atoms with Crippen molar-refractivity contribution in [3.63, 3.8) is 0 Å². The molecule has 0 aliphatic rings. The average Bonchev–Trinajstić information content (AvgIpc) is 2.62. The van der Waals surface area contributed by atoms with Gasteiger partial charge in [-0.3, -0.25) is 0 Å². The van der Waals surface area contributed by atoms with Gasteiger partial charge in [0.25, 0.3) is 0 Å². The van der Waals surface area contributed by atoms with Crippen molar-refractivity contribution in [1.82, 2.24) is 4.98 Å². The molecule has 0 amide bonds. The van der Waals surface area contributed by atoms with Crippen LogP contribution in [0.25, 0.3) is 10.9 Å². The van der Waals surface area contributed by atoms with Gasteiger partial charge in [-0.05, 0) is 0 Å². The second-order valence-corrected chi connectivity index (χ2v) is 4.30. The summed E-state index contributed by atoms with van der Waals surface area (Å²) >= 11 is 2.58. The number of hydrogen-bond acceptors (Lipinski definition) is 1. The van der Waals surface area contributed by atoms with Crippen LogP contribution >= 0.6 is 0 Å². The SMILES string of the molecule is O=C(O)C(=[Se])Cc1c[nH]c2ccccc12. The molecule has 0 bridgehead atoms. The molecule has 76 valence electrons. The van der Waals surface area contributed by atoms with E-state index < -0.39 is 5.97 Å². The summed E-state index contributed by atoms with van der Waals surface area (Å²) in [4.78, 5) is 13.8. The molecule has 0 atom stereocenters. The second-order valence-electron chi connectivity index (χ2n) is 3.26. The van der Waals surface area contributed by atoms with E-state index in [0.29, 0.717) is 10.8 Å². The van der Waals surface area contributed by atoms with Crippen molar-refractivity contribution in [3.8, 4) is 0 Å². The summed E-state index contributed by atoms with van der Waals surface area (Å²) in [5.74, 6) is -0.889. The van der Waals surface area contributed by atoms with Crippen LogP contribution in [0.4, 0.5) is 0 Å². The zero-order chi connectivity index (χ0) is 10.8. The van der Waals surface area contributed by atoms with Gasteiger partial charge in [-0.1, -0.05) is 0 Å². The Kier molecular flexibility index (Phi) is 2.71. The predicted molar refractivity (Wildman–Crippen MR) is 60.4 cm³/mol. The first-order valence-corrected chi connectivity index (χ1v) is 5.35. The third-order valence-electron chi connectivity index (χ3n) is 2.26. The molecule has 2 N–H and O–H groups in total. The molecule has 2 rings (SSSR count). The van der Waals surface area contributed by atoms with E-state index in [1.807, 2.05) is 30.5 Å². The van der Waals surface area contributed by atoms with Gasteiger partial charge in [0.1, 0.15) is 0 Å². The van der Waals surface area contributed by atoms with Gasteiger partial charge in [0, 0.05) is 0 Å². The van der Waals surface area contributed by atoms with Crippen LogP contribution in [0.3, 0.4) is 0 Å². The average molecular weight is 266 g/mol. The molecular weight excluding hydrogens is 257 g/mol. The molecule has 0 radical (unpaired) electrons. The van der Waals surface area contributed by atoms with Crippen LogP contribution in [0.2, 0.25) is 0 Å². The van der Waals surface area contributed by atoms with Crippen LogP contribution in [0.5, 0.6) is 0 Å². The Morgan fingerprint density at radius 2 is 2.13 bits per heavy atom. The third-order valence-corrected chi connectivity index (χ3v) is 2.93. The molecule has 1 aromatic carbocycles. The first kappa shape index (κ1) is 10.1. The number of nitrogens with one attached hydrogen (secondary N) is 1. The summed E-state index contributed by atoms with van der Waals surface area (Å²) in [5, 5.41) is 9.85. The Bertz CT molecular complexity index is 530. The summed E-state index contributed by atoms with van der Waals surface area (Å²) in [7, 11) is 0. The topological polar surface area (TPSA) is 53.1 Å². The first-order valence-electron chi connectivity index (χ1n) is 4.49. The molecule has 4 heteroatoms. The fourth-order valence-corrected chi connectivity index (χ4v) is 1.85. The molecule has 0 saturated carbocycles. The maximum atomic E-state index is 10.7. The zero-order valence-electron chi connectivity index (χ0n) is 7.86. The van der Waals surface area contributed by atoms with Gasteiger partial charge in [-0.25, -0.2) is 0 Å². The van der Waals surface area contributed by atoms with Gasteiger partial charge in [-0.15, -0.1) is 0 Å². The molecule has 3 nitrogen and oxygen atoms in total. The number of aromatic nitrogens is 1. The monoisotopic (exact) mass is 267 g/mol. The van der Waals surface area contributed by atoms with Crippen molar-refractivity contribution < 1.29 is 9.90 Å². The van der Waals surface area contributed by atoms with Crippen molar-refractivity contribution in [2.24, 2.45) is 0 Å². The number of carboxylic acid groups (broad SMARTS) is 1. The van der Waals surface area contributed by atoms with Gasteiger partial charge in [0.05, 0.1) is 0 Å². The van der Waals surface area contributed by atoms with E-state index in [1.165, 1.54) is 0 Å². The summed E-state index contributed by atoms with van der Waals surface area (Å²) in [5.41, 5.74) is 2.03. The quantitative estimate of drug-likeness (QED) is 0.818. The van der Waals surface area contributed by atoms with E-state index in [2.05, 4.69) is 20.6 Å². The molecule has 1 heterocycles. The molecule has 0 unspecified atom stereocenters.